The average Bonchev–Trinajstić information content (AvgIpc) is 2.69. The molecule has 0 aliphatic carbocycles. The fraction of sp³-hybridized carbons (Fsp3) is 0.875. The van der Waals surface area contributed by atoms with Gasteiger partial charge in [-0.25, -0.2) is 4.79 Å². The molecule has 120 valence electrons. The lowest BCUT2D eigenvalue weighted by atomic mass is 9.99. The molecule has 0 aromatic rings. The normalized spacial score (nSPS) is 30.4. The minimum Gasteiger partial charge on any atom is -0.444 e. The smallest absolute Gasteiger partial charge is 0.408 e. The van der Waals surface area contributed by atoms with Gasteiger partial charge in [-0.1, -0.05) is 12.8 Å². The Labute approximate surface area is 127 Å². The Morgan fingerprint density at radius 2 is 1.86 bits per heavy atom. The van der Waals surface area contributed by atoms with Crippen LogP contribution < -0.4 is 5.32 Å². The molecule has 0 aromatic carbocycles. The molecule has 2 saturated heterocycles. The van der Waals surface area contributed by atoms with Gasteiger partial charge in [-0.05, 0) is 53.4 Å². The van der Waals surface area contributed by atoms with Crippen molar-refractivity contribution in [1.82, 2.24) is 10.2 Å². The molecule has 0 unspecified atom stereocenters. The first-order valence-electron chi connectivity index (χ1n) is 8.09. The number of fused-ring (bicyclic) bond motifs is 1. The van der Waals surface area contributed by atoms with Crippen LogP contribution in [0.3, 0.4) is 0 Å². The summed E-state index contributed by atoms with van der Waals surface area (Å²) in [5.41, 5.74) is -0.543. The number of carbonyl (C=O) groups is 2. The molecule has 2 rings (SSSR count). The number of hydrogen-bond acceptors (Lipinski definition) is 3. The van der Waals surface area contributed by atoms with Crippen molar-refractivity contribution in [2.24, 2.45) is 0 Å². The summed E-state index contributed by atoms with van der Waals surface area (Å²) in [7, 11) is 0. The number of nitrogens with one attached hydrogen (secondary N) is 1. The van der Waals surface area contributed by atoms with Crippen molar-refractivity contribution in [3.63, 3.8) is 0 Å². The molecule has 2 heterocycles. The van der Waals surface area contributed by atoms with Crippen LogP contribution in [0, 0.1) is 0 Å². The Morgan fingerprint density at radius 3 is 2.52 bits per heavy atom. The highest BCUT2D eigenvalue weighted by atomic mass is 16.6. The molecule has 0 bridgehead atoms. The van der Waals surface area contributed by atoms with Crippen LogP contribution in [0.2, 0.25) is 0 Å². The van der Waals surface area contributed by atoms with Crippen molar-refractivity contribution in [2.75, 3.05) is 0 Å². The molecule has 0 aromatic heterocycles. The second-order valence-corrected chi connectivity index (χ2v) is 7.31. The Hall–Kier alpha value is -1.26. The van der Waals surface area contributed by atoms with Gasteiger partial charge in [0.25, 0.3) is 0 Å². The van der Waals surface area contributed by atoms with Gasteiger partial charge < -0.3 is 15.0 Å². The molecule has 2 aliphatic heterocycles. The Morgan fingerprint density at radius 1 is 1.19 bits per heavy atom. The summed E-state index contributed by atoms with van der Waals surface area (Å²) in [6.45, 7) is 7.57. The Bertz CT molecular complexity index is 403. The number of hydrogen-bond donors (Lipinski definition) is 1. The highest BCUT2D eigenvalue weighted by molar-refractivity contribution is 5.86. The zero-order valence-corrected chi connectivity index (χ0v) is 13.6. The van der Waals surface area contributed by atoms with E-state index < -0.39 is 17.7 Å². The molecule has 0 radical (unpaired) electrons. The number of amides is 2. The lowest BCUT2D eigenvalue weighted by Gasteiger charge is -2.34. The van der Waals surface area contributed by atoms with Crippen LogP contribution in [0.1, 0.15) is 66.2 Å². The highest BCUT2D eigenvalue weighted by Gasteiger charge is 2.39. The summed E-state index contributed by atoms with van der Waals surface area (Å²) in [5, 5.41) is 2.77. The maximum atomic E-state index is 12.7. The van der Waals surface area contributed by atoms with Crippen molar-refractivity contribution < 1.29 is 14.3 Å². The predicted molar refractivity (Wildman–Crippen MR) is 81.0 cm³/mol. The van der Waals surface area contributed by atoms with Crippen LogP contribution in [0.5, 0.6) is 0 Å². The lowest BCUT2D eigenvalue weighted by molar-refractivity contribution is -0.137. The molecule has 0 spiro atoms. The van der Waals surface area contributed by atoms with E-state index in [2.05, 4.69) is 12.2 Å². The maximum absolute atomic E-state index is 12.7. The van der Waals surface area contributed by atoms with E-state index in [1.807, 2.05) is 25.7 Å². The zero-order chi connectivity index (χ0) is 15.6. The van der Waals surface area contributed by atoms with Crippen molar-refractivity contribution in [1.29, 1.82) is 0 Å². The molecule has 0 saturated carbocycles. The second kappa shape index (κ2) is 6.24. The van der Waals surface area contributed by atoms with Gasteiger partial charge in [-0.15, -0.1) is 0 Å². The van der Waals surface area contributed by atoms with Gasteiger partial charge in [-0.3, -0.25) is 4.79 Å². The highest BCUT2D eigenvalue weighted by Crippen LogP contribution is 2.30. The van der Waals surface area contributed by atoms with Crippen LogP contribution >= 0.6 is 0 Å². The second-order valence-electron chi connectivity index (χ2n) is 7.31. The van der Waals surface area contributed by atoms with Crippen LogP contribution in [0.4, 0.5) is 4.79 Å². The van der Waals surface area contributed by atoms with Crippen molar-refractivity contribution in [2.45, 2.75) is 89.9 Å². The monoisotopic (exact) mass is 296 g/mol. The van der Waals surface area contributed by atoms with E-state index >= 15 is 0 Å². The number of rotatable bonds is 1. The molecular formula is C16H28N2O3. The third-order valence-corrected chi connectivity index (χ3v) is 4.31. The van der Waals surface area contributed by atoms with Gasteiger partial charge in [0.1, 0.15) is 11.6 Å². The molecule has 2 fully saturated rings. The summed E-state index contributed by atoms with van der Waals surface area (Å²) in [6.07, 6.45) is 5.55. The average molecular weight is 296 g/mol. The summed E-state index contributed by atoms with van der Waals surface area (Å²) >= 11 is 0. The molecule has 2 aliphatic rings. The van der Waals surface area contributed by atoms with Crippen molar-refractivity contribution >= 4 is 12.0 Å². The van der Waals surface area contributed by atoms with Crippen LogP contribution in [-0.2, 0) is 9.53 Å². The Balaban J connectivity index is 2.03. The van der Waals surface area contributed by atoms with Gasteiger partial charge in [0, 0.05) is 12.1 Å². The zero-order valence-electron chi connectivity index (χ0n) is 13.6. The molecule has 3 atom stereocenters. The van der Waals surface area contributed by atoms with Crippen LogP contribution in [0.15, 0.2) is 0 Å². The third-order valence-electron chi connectivity index (χ3n) is 4.31. The minimum absolute atomic E-state index is 0.0653. The fourth-order valence-electron chi connectivity index (χ4n) is 3.37. The molecule has 5 heteroatoms. The first kappa shape index (κ1) is 16.1. The van der Waals surface area contributed by atoms with E-state index in [9.17, 15) is 9.59 Å². The number of nitrogens with zero attached hydrogens (tertiary/aromatic N) is 1. The van der Waals surface area contributed by atoms with E-state index in [1.54, 1.807) is 0 Å². The van der Waals surface area contributed by atoms with E-state index in [-0.39, 0.29) is 11.9 Å². The fourth-order valence-corrected chi connectivity index (χ4v) is 3.37. The SMILES string of the molecule is C[C@@H]1CC[C@@H]2CCCC[C@H](NC(=O)OC(C)(C)C)C(=O)N21. The van der Waals surface area contributed by atoms with E-state index in [4.69, 9.17) is 4.74 Å². The maximum Gasteiger partial charge on any atom is 0.408 e. The predicted octanol–water partition coefficient (Wildman–Crippen LogP) is 2.83. The summed E-state index contributed by atoms with van der Waals surface area (Å²) in [5.74, 6) is 0.0653. The number of ether oxygens (including phenoxy) is 1. The van der Waals surface area contributed by atoms with E-state index in [0.717, 1.165) is 32.1 Å². The van der Waals surface area contributed by atoms with Crippen molar-refractivity contribution in [3.05, 3.63) is 0 Å². The summed E-state index contributed by atoms with van der Waals surface area (Å²) in [6, 6.07) is 0.197. The van der Waals surface area contributed by atoms with Crippen LogP contribution in [0.25, 0.3) is 0 Å². The lowest BCUT2D eigenvalue weighted by Crippen LogP contribution is -2.53. The first-order chi connectivity index (χ1) is 9.78. The van der Waals surface area contributed by atoms with E-state index in [0.29, 0.717) is 12.5 Å². The number of carbonyl (C=O) groups excluding carboxylic acids is 2. The number of alkyl carbamates (subject to hydrolysis) is 1. The van der Waals surface area contributed by atoms with Gasteiger partial charge in [0.2, 0.25) is 5.91 Å². The largest absolute Gasteiger partial charge is 0.444 e. The quantitative estimate of drug-likeness (QED) is 0.809. The van der Waals surface area contributed by atoms with Gasteiger partial charge >= 0.3 is 6.09 Å². The van der Waals surface area contributed by atoms with Gasteiger partial charge in [0.15, 0.2) is 0 Å². The Kier molecular flexibility index (Phi) is 4.79. The summed E-state index contributed by atoms with van der Waals surface area (Å²) < 4.78 is 5.28. The van der Waals surface area contributed by atoms with Gasteiger partial charge in [-0.2, -0.15) is 0 Å². The van der Waals surface area contributed by atoms with Crippen molar-refractivity contribution in [3.8, 4) is 0 Å². The first-order valence-corrected chi connectivity index (χ1v) is 8.09. The van der Waals surface area contributed by atoms with Crippen LogP contribution in [-0.4, -0.2) is 40.6 Å². The van der Waals surface area contributed by atoms with E-state index in [1.165, 1.54) is 0 Å². The minimum atomic E-state index is -0.543. The topological polar surface area (TPSA) is 58.6 Å². The third kappa shape index (κ3) is 4.11. The summed E-state index contributed by atoms with van der Waals surface area (Å²) in [4.78, 5) is 26.7. The standard InChI is InChI=1S/C16H28N2O3/c1-11-9-10-12-7-5-6-8-13(14(19)18(11)12)17-15(20)21-16(2,3)4/h11-13H,5-10H2,1-4H3,(H,17,20)/t11-,12+,13+/m1/s1. The molecule has 21 heavy (non-hydrogen) atoms. The molecule has 1 N–H and O–H groups in total. The molecule has 2 amide bonds. The molecule has 5 nitrogen and oxygen atoms in total. The molecular weight excluding hydrogens is 268 g/mol. The van der Waals surface area contributed by atoms with Gasteiger partial charge in [0.05, 0.1) is 0 Å².